The minimum atomic E-state index is -0.623. The minimum Gasteiger partial charge on any atom is -0.481 e. The first-order chi connectivity index (χ1) is 6.32. The number of carboxylic acid groups (broad SMARTS) is 1. The maximum absolute atomic E-state index is 10.7. The van der Waals surface area contributed by atoms with Gasteiger partial charge in [-0.25, -0.2) is 0 Å². The molecule has 2 rings (SSSR count). The zero-order valence-corrected chi connectivity index (χ0v) is 9.34. The first-order valence-electron chi connectivity index (χ1n) is 5.54. The van der Waals surface area contributed by atoms with Crippen LogP contribution in [-0.4, -0.2) is 11.1 Å². The predicted molar refractivity (Wildman–Crippen MR) is 55.0 cm³/mol. The van der Waals surface area contributed by atoms with Crippen molar-refractivity contribution in [3.63, 3.8) is 0 Å². The molecule has 2 nitrogen and oxygen atoms in total. The van der Waals surface area contributed by atoms with Crippen LogP contribution in [0.1, 0.15) is 46.5 Å². The van der Waals surface area contributed by atoms with E-state index in [1.165, 1.54) is 12.8 Å². The highest BCUT2D eigenvalue weighted by Crippen LogP contribution is 2.65. The molecule has 2 fully saturated rings. The molecule has 0 aliphatic heterocycles. The van der Waals surface area contributed by atoms with Gasteiger partial charge < -0.3 is 5.11 Å². The van der Waals surface area contributed by atoms with Crippen molar-refractivity contribution in [2.75, 3.05) is 0 Å². The van der Waals surface area contributed by atoms with E-state index in [9.17, 15) is 4.79 Å². The highest BCUT2D eigenvalue weighted by molar-refractivity contribution is 5.67. The molecule has 0 spiro atoms. The maximum Gasteiger partial charge on any atom is 0.303 e. The van der Waals surface area contributed by atoms with Crippen LogP contribution < -0.4 is 0 Å². The number of fused-ring (bicyclic) bond motifs is 2. The van der Waals surface area contributed by atoms with Crippen LogP contribution in [0.25, 0.3) is 0 Å². The maximum atomic E-state index is 10.7. The highest BCUT2D eigenvalue weighted by Gasteiger charge is 2.56. The summed E-state index contributed by atoms with van der Waals surface area (Å²) in [6.07, 6.45) is 4.04. The van der Waals surface area contributed by atoms with Gasteiger partial charge in [-0.3, -0.25) is 4.79 Å². The Labute approximate surface area is 85.7 Å². The Hall–Kier alpha value is -0.530. The molecule has 0 radical (unpaired) electrons. The van der Waals surface area contributed by atoms with Crippen molar-refractivity contribution in [1.82, 2.24) is 0 Å². The van der Waals surface area contributed by atoms with Crippen molar-refractivity contribution in [2.24, 2.45) is 22.7 Å². The first kappa shape index (κ1) is 10.0. The molecule has 0 heterocycles. The lowest BCUT2D eigenvalue weighted by Crippen LogP contribution is -2.30. The molecule has 2 saturated carbocycles. The summed E-state index contributed by atoms with van der Waals surface area (Å²) in [6, 6.07) is 0. The molecule has 0 amide bonds. The van der Waals surface area contributed by atoms with E-state index in [1.54, 1.807) is 0 Å². The number of aliphatic carboxylic acids is 1. The zero-order valence-electron chi connectivity index (χ0n) is 9.34. The molecule has 2 aliphatic carbocycles. The normalized spacial score (nSPS) is 44.2. The predicted octanol–water partition coefficient (Wildman–Crippen LogP) is 2.92. The molecule has 14 heavy (non-hydrogen) atoms. The van der Waals surface area contributed by atoms with Crippen molar-refractivity contribution >= 4 is 5.97 Å². The van der Waals surface area contributed by atoms with Gasteiger partial charge in [-0.1, -0.05) is 20.8 Å². The van der Waals surface area contributed by atoms with Gasteiger partial charge in [-0.05, 0) is 41.9 Å². The van der Waals surface area contributed by atoms with E-state index in [-0.39, 0.29) is 0 Å². The lowest BCUT2D eigenvalue weighted by Gasteiger charge is -2.38. The number of carboxylic acids is 1. The molecule has 0 aromatic rings. The van der Waals surface area contributed by atoms with Crippen molar-refractivity contribution < 1.29 is 9.90 Å². The fourth-order valence-electron chi connectivity index (χ4n) is 4.28. The summed E-state index contributed by atoms with van der Waals surface area (Å²) in [5.41, 5.74) is 0.807. The van der Waals surface area contributed by atoms with Crippen LogP contribution in [0.15, 0.2) is 0 Å². The molecule has 2 aliphatic rings. The monoisotopic (exact) mass is 196 g/mol. The topological polar surface area (TPSA) is 37.3 Å². The van der Waals surface area contributed by atoms with Gasteiger partial charge in [0.2, 0.25) is 0 Å². The van der Waals surface area contributed by atoms with E-state index in [1.807, 2.05) is 0 Å². The number of rotatable bonds is 2. The number of carbonyl (C=O) groups is 1. The van der Waals surface area contributed by atoms with Crippen LogP contribution in [0.2, 0.25) is 0 Å². The van der Waals surface area contributed by atoms with Crippen molar-refractivity contribution in [3.8, 4) is 0 Å². The summed E-state index contributed by atoms with van der Waals surface area (Å²) in [5.74, 6) is 0.451. The molecule has 3 unspecified atom stereocenters. The Kier molecular flexibility index (Phi) is 1.96. The highest BCUT2D eigenvalue weighted by atomic mass is 16.4. The van der Waals surface area contributed by atoms with E-state index in [0.29, 0.717) is 29.1 Å². The summed E-state index contributed by atoms with van der Waals surface area (Å²) in [7, 11) is 0. The van der Waals surface area contributed by atoms with E-state index in [2.05, 4.69) is 20.8 Å². The number of hydrogen-bond acceptors (Lipinski definition) is 1. The number of hydrogen-bond donors (Lipinski definition) is 1. The van der Waals surface area contributed by atoms with Crippen molar-refractivity contribution in [2.45, 2.75) is 46.5 Å². The van der Waals surface area contributed by atoms with Crippen molar-refractivity contribution in [1.29, 1.82) is 0 Å². The molecule has 0 saturated heterocycles. The Balaban J connectivity index is 2.15. The van der Waals surface area contributed by atoms with Crippen LogP contribution in [0.4, 0.5) is 0 Å². The van der Waals surface area contributed by atoms with E-state index in [4.69, 9.17) is 5.11 Å². The smallest absolute Gasteiger partial charge is 0.303 e. The molecule has 2 bridgehead atoms. The molecular weight excluding hydrogens is 176 g/mol. The van der Waals surface area contributed by atoms with Crippen molar-refractivity contribution in [3.05, 3.63) is 0 Å². The van der Waals surface area contributed by atoms with E-state index in [0.717, 1.165) is 6.42 Å². The molecule has 3 atom stereocenters. The fourth-order valence-corrected chi connectivity index (χ4v) is 4.28. The summed E-state index contributed by atoms with van der Waals surface area (Å²) < 4.78 is 0. The summed E-state index contributed by atoms with van der Waals surface area (Å²) >= 11 is 0. The van der Waals surface area contributed by atoms with Crippen LogP contribution in [0.5, 0.6) is 0 Å². The second kappa shape index (κ2) is 2.74. The van der Waals surface area contributed by atoms with Gasteiger partial charge in [0.25, 0.3) is 0 Å². The van der Waals surface area contributed by atoms with Crippen LogP contribution in [-0.2, 0) is 4.79 Å². The molecule has 80 valence electrons. The van der Waals surface area contributed by atoms with Gasteiger partial charge in [-0.2, -0.15) is 0 Å². The third-order valence-electron chi connectivity index (χ3n) is 4.36. The summed E-state index contributed by atoms with van der Waals surface area (Å²) in [4.78, 5) is 10.7. The zero-order chi connectivity index (χ0) is 10.6. The molecule has 1 N–H and O–H groups in total. The molecule has 0 aromatic carbocycles. The first-order valence-corrected chi connectivity index (χ1v) is 5.54. The quantitative estimate of drug-likeness (QED) is 0.737. The lowest BCUT2D eigenvalue weighted by atomic mass is 9.67. The summed E-state index contributed by atoms with van der Waals surface area (Å²) in [5, 5.41) is 8.86. The molecular formula is C12H20O2. The Morgan fingerprint density at radius 1 is 1.36 bits per heavy atom. The standard InChI is InChI=1S/C12H20O2/c1-11(2)7-12(3)5-8(4-10(13)14)9(11)6-12/h8-9H,4-7H2,1-3H3,(H,13,14). The molecule has 2 heteroatoms. The third-order valence-corrected chi connectivity index (χ3v) is 4.36. The van der Waals surface area contributed by atoms with E-state index >= 15 is 0 Å². The SMILES string of the molecule is CC12CC(CC(=O)O)C(C1)C(C)(C)C2. The van der Waals surface area contributed by atoms with Gasteiger partial charge in [-0.15, -0.1) is 0 Å². The van der Waals surface area contributed by atoms with Crippen LogP contribution in [0, 0.1) is 22.7 Å². The van der Waals surface area contributed by atoms with E-state index < -0.39 is 5.97 Å². The Morgan fingerprint density at radius 2 is 2.00 bits per heavy atom. The minimum absolute atomic E-state index is 0.368. The fraction of sp³-hybridized carbons (Fsp3) is 0.917. The second-order valence-electron chi connectivity index (χ2n) is 6.35. The van der Waals surface area contributed by atoms with Gasteiger partial charge >= 0.3 is 5.97 Å². The Morgan fingerprint density at radius 3 is 2.43 bits per heavy atom. The van der Waals surface area contributed by atoms with Gasteiger partial charge in [0.1, 0.15) is 0 Å². The molecule has 0 aromatic heterocycles. The van der Waals surface area contributed by atoms with Crippen LogP contribution in [0.3, 0.4) is 0 Å². The largest absolute Gasteiger partial charge is 0.481 e. The average molecular weight is 196 g/mol. The summed E-state index contributed by atoms with van der Waals surface area (Å²) in [6.45, 7) is 6.93. The van der Waals surface area contributed by atoms with Gasteiger partial charge in [0.15, 0.2) is 0 Å². The van der Waals surface area contributed by atoms with Gasteiger partial charge in [0.05, 0.1) is 0 Å². The van der Waals surface area contributed by atoms with Crippen LogP contribution >= 0.6 is 0 Å². The average Bonchev–Trinajstić information content (AvgIpc) is 2.33. The Bertz CT molecular complexity index is 267. The third kappa shape index (κ3) is 1.45. The lowest BCUT2D eigenvalue weighted by molar-refractivity contribution is -0.139. The van der Waals surface area contributed by atoms with Gasteiger partial charge in [0, 0.05) is 6.42 Å². The second-order valence-corrected chi connectivity index (χ2v) is 6.35.